The SMILES string of the molecule is C=C(C1=C(CC(=O)OCC)CC12CCC(CC(=O)C#Cc1ccccc1)C2)c1ccccc1. The molecule has 168 valence electrons. The van der Waals surface area contributed by atoms with E-state index >= 15 is 0 Å². The van der Waals surface area contributed by atoms with Gasteiger partial charge in [0, 0.05) is 12.0 Å². The van der Waals surface area contributed by atoms with Crippen LogP contribution in [-0.4, -0.2) is 18.4 Å². The Morgan fingerprint density at radius 1 is 1.09 bits per heavy atom. The van der Waals surface area contributed by atoms with Gasteiger partial charge in [0.2, 0.25) is 5.78 Å². The first kappa shape index (κ1) is 22.8. The Balaban J connectivity index is 1.49. The average molecular weight is 439 g/mol. The second-order valence-electron chi connectivity index (χ2n) is 9.11. The number of allylic oxidation sites excluding steroid dienone is 2. The van der Waals surface area contributed by atoms with E-state index in [9.17, 15) is 9.59 Å². The number of benzene rings is 2. The van der Waals surface area contributed by atoms with Crippen molar-refractivity contribution in [3.8, 4) is 11.8 Å². The summed E-state index contributed by atoms with van der Waals surface area (Å²) < 4.78 is 5.21. The van der Waals surface area contributed by atoms with Crippen LogP contribution in [0.4, 0.5) is 0 Å². The number of carbonyl (C=O) groups is 2. The molecule has 1 saturated carbocycles. The Morgan fingerprint density at radius 2 is 1.79 bits per heavy atom. The van der Waals surface area contributed by atoms with E-state index in [1.807, 2.05) is 55.5 Å². The summed E-state index contributed by atoms with van der Waals surface area (Å²) in [5.74, 6) is 5.93. The molecule has 2 atom stereocenters. The fourth-order valence-electron chi connectivity index (χ4n) is 5.48. The van der Waals surface area contributed by atoms with Gasteiger partial charge in [-0.1, -0.05) is 66.6 Å². The van der Waals surface area contributed by atoms with Gasteiger partial charge in [0.25, 0.3) is 0 Å². The monoisotopic (exact) mass is 438 g/mol. The third-order valence-electron chi connectivity index (χ3n) is 6.83. The minimum atomic E-state index is -0.179. The molecule has 4 rings (SSSR count). The quantitative estimate of drug-likeness (QED) is 0.385. The maximum absolute atomic E-state index is 12.5. The van der Waals surface area contributed by atoms with Crippen LogP contribution in [0.15, 0.2) is 78.4 Å². The molecule has 0 aliphatic heterocycles. The minimum absolute atomic E-state index is 0.000566. The molecule has 0 N–H and O–H groups in total. The summed E-state index contributed by atoms with van der Waals surface area (Å²) in [6.45, 7) is 6.64. The number of Topliss-reactive ketones (excluding diaryl/α,β-unsaturated/α-hetero) is 1. The number of hydrogen-bond acceptors (Lipinski definition) is 3. The molecule has 33 heavy (non-hydrogen) atoms. The number of ether oxygens (including phenoxy) is 1. The summed E-state index contributed by atoms with van der Waals surface area (Å²) in [5, 5.41) is 0. The lowest BCUT2D eigenvalue weighted by Crippen LogP contribution is -2.33. The normalized spacial score (nSPS) is 21.2. The zero-order valence-electron chi connectivity index (χ0n) is 19.2. The molecular formula is C30H30O3. The van der Waals surface area contributed by atoms with Crippen LogP contribution in [0, 0.1) is 23.2 Å². The topological polar surface area (TPSA) is 43.4 Å². The number of hydrogen-bond donors (Lipinski definition) is 0. The molecule has 2 aromatic carbocycles. The van der Waals surface area contributed by atoms with Gasteiger partial charge in [0.05, 0.1) is 13.0 Å². The Kier molecular flexibility index (Phi) is 6.94. The number of esters is 1. The highest BCUT2D eigenvalue weighted by atomic mass is 16.5. The third kappa shape index (κ3) is 5.17. The smallest absolute Gasteiger partial charge is 0.309 e. The van der Waals surface area contributed by atoms with Crippen LogP contribution >= 0.6 is 0 Å². The van der Waals surface area contributed by atoms with Crippen LogP contribution < -0.4 is 0 Å². The van der Waals surface area contributed by atoms with Crippen LogP contribution in [0.3, 0.4) is 0 Å². The van der Waals surface area contributed by atoms with Crippen LogP contribution in [0.25, 0.3) is 5.57 Å². The van der Waals surface area contributed by atoms with E-state index in [2.05, 4.69) is 30.6 Å². The molecule has 2 unspecified atom stereocenters. The second-order valence-corrected chi connectivity index (χ2v) is 9.11. The van der Waals surface area contributed by atoms with Crippen molar-refractivity contribution >= 4 is 17.3 Å². The van der Waals surface area contributed by atoms with Crippen molar-refractivity contribution in [3.05, 3.63) is 89.5 Å². The summed E-state index contributed by atoms with van der Waals surface area (Å²) in [6.07, 6.45) is 4.65. The molecule has 0 radical (unpaired) electrons. The van der Waals surface area contributed by atoms with Crippen LogP contribution in [0.5, 0.6) is 0 Å². The lowest BCUT2D eigenvalue weighted by molar-refractivity contribution is -0.142. The Hall–Kier alpha value is -3.38. The second kappa shape index (κ2) is 10.0. The van der Waals surface area contributed by atoms with Gasteiger partial charge in [-0.05, 0) is 78.7 Å². The summed E-state index contributed by atoms with van der Waals surface area (Å²) in [6, 6.07) is 19.8. The van der Waals surface area contributed by atoms with Gasteiger partial charge < -0.3 is 4.74 Å². The summed E-state index contributed by atoms with van der Waals surface area (Å²) >= 11 is 0. The maximum Gasteiger partial charge on any atom is 0.309 e. The summed E-state index contributed by atoms with van der Waals surface area (Å²) in [4.78, 5) is 24.8. The number of rotatable bonds is 7. The molecule has 3 nitrogen and oxygen atoms in total. The maximum atomic E-state index is 12.5. The molecule has 1 fully saturated rings. The first-order valence-electron chi connectivity index (χ1n) is 11.7. The average Bonchev–Trinajstić information content (AvgIpc) is 3.23. The van der Waals surface area contributed by atoms with Crippen molar-refractivity contribution in [1.29, 1.82) is 0 Å². The standard InChI is InChI=1S/C30H30O3/c1-3-33-28(32)19-26-21-30(29(26)22(2)25-12-8-5-9-13-25)17-16-24(20-30)18-27(31)15-14-23-10-6-4-7-11-23/h4-13,24H,2-3,16-21H2,1H3. The van der Waals surface area contributed by atoms with E-state index in [-0.39, 0.29) is 17.2 Å². The van der Waals surface area contributed by atoms with E-state index in [1.165, 1.54) is 5.57 Å². The van der Waals surface area contributed by atoms with Gasteiger partial charge in [-0.2, -0.15) is 0 Å². The molecule has 0 heterocycles. The van der Waals surface area contributed by atoms with Gasteiger partial charge >= 0.3 is 5.97 Å². The zero-order valence-corrected chi connectivity index (χ0v) is 19.2. The highest BCUT2D eigenvalue weighted by molar-refractivity contribution is 5.96. The molecule has 0 aromatic heterocycles. The summed E-state index contributed by atoms with van der Waals surface area (Å²) in [7, 11) is 0. The van der Waals surface area contributed by atoms with Gasteiger partial charge in [0.15, 0.2) is 0 Å². The number of ketones is 1. The molecule has 0 bridgehead atoms. The lowest BCUT2D eigenvalue weighted by atomic mass is 9.58. The van der Waals surface area contributed by atoms with Gasteiger partial charge in [-0.25, -0.2) is 0 Å². The first-order valence-corrected chi connectivity index (χ1v) is 11.7. The molecule has 3 heteroatoms. The summed E-state index contributed by atoms with van der Waals surface area (Å²) in [5.41, 5.74) is 5.30. The fraction of sp³-hybridized carbons (Fsp3) is 0.333. The fourth-order valence-corrected chi connectivity index (χ4v) is 5.48. The predicted octanol–water partition coefficient (Wildman–Crippen LogP) is 6.15. The van der Waals surface area contributed by atoms with E-state index < -0.39 is 0 Å². The molecule has 2 aliphatic carbocycles. The molecule has 0 saturated heterocycles. The third-order valence-corrected chi connectivity index (χ3v) is 6.83. The van der Waals surface area contributed by atoms with Gasteiger partial charge in [0.1, 0.15) is 0 Å². The van der Waals surface area contributed by atoms with Crippen molar-refractivity contribution in [2.75, 3.05) is 6.61 Å². The Bertz CT molecular complexity index is 1130. The highest BCUT2D eigenvalue weighted by Crippen LogP contribution is 2.62. The van der Waals surface area contributed by atoms with E-state index in [1.54, 1.807) is 0 Å². The lowest BCUT2D eigenvalue weighted by Gasteiger charge is -2.45. The van der Waals surface area contributed by atoms with Gasteiger partial charge in [-0.3, -0.25) is 9.59 Å². The molecule has 2 aromatic rings. The predicted molar refractivity (Wildman–Crippen MR) is 131 cm³/mol. The molecule has 2 aliphatic rings. The molecule has 1 spiro atoms. The Morgan fingerprint density at radius 3 is 2.48 bits per heavy atom. The largest absolute Gasteiger partial charge is 0.466 e. The highest BCUT2D eigenvalue weighted by Gasteiger charge is 2.50. The minimum Gasteiger partial charge on any atom is -0.466 e. The van der Waals surface area contributed by atoms with Crippen molar-refractivity contribution in [2.45, 2.75) is 45.4 Å². The molecular weight excluding hydrogens is 408 g/mol. The van der Waals surface area contributed by atoms with Crippen molar-refractivity contribution in [1.82, 2.24) is 0 Å². The first-order chi connectivity index (χ1) is 16.0. The van der Waals surface area contributed by atoms with Crippen molar-refractivity contribution < 1.29 is 14.3 Å². The van der Waals surface area contributed by atoms with Crippen molar-refractivity contribution in [3.63, 3.8) is 0 Å². The van der Waals surface area contributed by atoms with Crippen molar-refractivity contribution in [2.24, 2.45) is 11.3 Å². The molecule has 0 amide bonds. The van der Waals surface area contributed by atoms with Crippen LogP contribution in [0.1, 0.15) is 56.6 Å². The van der Waals surface area contributed by atoms with Crippen LogP contribution in [0.2, 0.25) is 0 Å². The van der Waals surface area contributed by atoms with E-state index in [0.29, 0.717) is 25.4 Å². The van der Waals surface area contributed by atoms with E-state index in [4.69, 9.17) is 4.74 Å². The Labute approximate surface area is 196 Å². The van der Waals surface area contributed by atoms with Gasteiger partial charge in [-0.15, -0.1) is 0 Å². The zero-order chi connectivity index (χ0) is 23.3. The van der Waals surface area contributed by atoms with Crippen LogP contribution in [-0.2, 0) is 14.3 Å². The van der Waals surface area contributed by atoms with E-state index in [0.717, 1.165) is 48.0 Å². The number of carbonyl (C=O) groups excluding carboxylic acids is 2.